The van der Waals surface area contributed by atoms with Gasteiger partial charge in [-0.2, -0.15) is 0 Å². The summed E-state index contributed by atoms with van der Waals surface area (Å²) in [6.45, 7) is 1.60. The van der Waals surface area contributed by atoms with Crippen molar-refractivity contribution in [3.05, 3.63) is 48.8 Å². The van der Waals surface area contributed by atoms with E-state index in [2.05, 4.69) is 46.2 Å². The van der Waals surface area contributed by atoms with Crippen LogP contribution in [0, 0.1) is 0 Å². The Morgan fingerprint density at radius 1 is 1.16 bits per heavy atom. The molecule has 0 saturated carbocycles. The van der Waals surface area contributed by atoms with Gasteiger partial charge in [0.1, 0.15) is 11.6 Å². The maximum atomic E-state index is 5.07. The highest BCUT2D eigenvalue weighted by molar-refractivity contribution is 7.21. The first-order valence-corrected chi connectivity index (χ1v) is 7.02. The number of fused-ring (bicyclic) bond motifs is 1. The molecule has 4 heteroatoms. The number of hydrogen-bond donors (Lipinski definition) is 0. The average molecular weight is 271 g/mol. The molecule has 3 aromatic rings. The minimum atomic E-state index is 0.727. The molecule has 0 aliphatic rings. The van der Waals surface area contributed by atoms with Gasteiger partial charge in [0.15, 0.2) is 18.9 Å². The smallest absolute Gasteiger partial charge is 0.171 e. The van der Waals surface area contributed by atoms with Crippen LogP contribution in [-0.2, 0) is 11.3 Å². The molecule has 2 heterocycles. The fraction of sp³-hybridized carbons (Fsp3) is 0.200. The average Bonchev–Trinajstić information content (AvgIpc) is 2.89. The third-order valence-corrected chi connectivity index (χ3v) is 4.07. The van der Waals surface area contributed by atoms with Gasteiger partial charge in [-0.3, -0.25) is 0 Å². The summed E-state index contributed by atoms with van der Waals surface area (Å²) in [6, 6.07) is 12.4. The quantitative estimate of drug-likeness (QED) is 0.682. The van der Waals surface area contributed by atoms with E-state index in [1.165, 1.54) is 4.70 Å². The molecule has 0 unspecified atom stereocenters. The molecule has 19 heavy (non-hydrogen) atoms. The lowest BCUT2D eigenvalue weighted by Crippen LogP contribution is -2.34. The SMILES string of the molecule is COCC[n+]1ccc(-c2nc3ccccc3s2)cc1. The van der Waals surface area contributed by atoms with Crippen molar-refractivity contribution in [3.8, 4) is 10.6 Å². The van der Waals surface area contributed by atoms with Crippen LogP contribution in [0.15, 0.2) is 48.8 Å². The van der Waals surface area contributed by atoms with Crippen LogP contribution in [0.4, 0.5) is 0 Å². The molecule has 3 rings (SSSR count). The molecule has 0 aliphatic carbocycles. The summed E-state index contributed by atoms with van der Waals surface area (Å²) < 4.78 is 8.41. The number of rotatable bonds is 4. The number of nitrogens with zero attached hydrogens (tertiary/aromatic N) is 2. The van der Waals surface area contributed by atoms with Gasteiger partial charge in [0.05, 0.1) is 10.2 Å². The van der Waals surface area contributed by atoms with Crippen LogP contribution in [-0.4, -0.2) is 18.7 Å². The highest BCUT2D eigenvalue weighted by Crippen LogP contribution is 2.29. The fourth-order valence-electron chi connectivity index (χ4n) is 1.94. The molecule has 0 amide bonds. The van der Waals surface area contributed by atoms with E-state index in [0.29, 0.717) is 0 Å². The van der Waals surface area contributed by atoms with E-state index in [1.54, 1.807) is 18.4 Å². The maximum Gasteiger partial charge on any atom is 0.171 e. The van der Waals surface area contributed by atoms with Gasteiger partial charge in [0, 0.05) is 24.8 Å². The van der Waals surface area contributed by atoms with Crippen molar-refractivity contribution in [1.29, 1.82) is 0 Å². The monoisotopic (exact) mass is 271 g/mol. The van der Waals surface area contributed by atoms with Crippen LogP contribution in [0.5, 0.6) is 0 Å². The molecule has 3 nitrogen and oxygen atoms in total. The number of para-hydroxylation sites is 1. The van der Waals surface area contributed by atoms with Crippen LogP contribution < -0.4 is 4.57 Å². The standard InChI is InChI=1S/C15H15N2OS/c1-18-11-10-17-8-6-12(7-9-17)15-16-13-4-2-3-5-14(13)19-15/h2-9H,10-11H2,1H3/q+1. The summed E-state index contributed by atoms with van der Waals surface area (Å²) in [7, 11) is 1.72. The molecular formula is C15H15N2OS+. The lowest BCUT2D eigenvalue weighted by Gasteiger charge is -1.97. The fourth-order valence-corrected chi connectivity index (χ4v) is 2.91. The molecule has 0 aliphatic heterocycles. The summed E-state index contributed by atoms with van der Waals surface area (Å²) in [5.74, 6) is 0. The number of methoxy groups -OCH3 is 1. The van der Waals surface area contributed by atoms with E-state index < -0.39 is 0 Å². The summed E-state index contributed by atoms with van der Waals surface area (Å²) in [5.41, 5.74) is 2.23. The molecule has 0 atom stereocenters. The second-order valence-electron chi connectivity index (χ2n) is 4.30. The first-order chi connectivity index (χ1) is 9.36. The molecule has 0 fully saturated rings. The molecule has 0 N–H and O–H groups in total. The molecule has 1 aromatic carbocycles. The number of aromatic nitrogens is 2. The van der Waals surface area contributed by atoms with Gasteiger partial charge >= 0.3 is 0 Å². The minimum absolute atomic E-state index is 0.727. The highest BCUT2D eigenvalue weighted by atomic mass is 32.1. The van der Waals surface area contributed by atoms with E-state index in [1.807, 2.05) is 12.1 Å². The molecular weight excluding hydrogens is 256 g/mol. The number of thiazole rings is 1. The lowest BCUT2D eigenvalue weighted by molar-refractivity contribution is -0.698. The Morgan fingerprint density at radius 2 is 1.95 bits per heavy atom. The largest absolute Gasteiger partial charge is 0.378 e. The molecule has 2 aromatic heterocycles. The topological polar surface area (TPSA) is 26.0 Å². The van der Waals surface area contributed by atoms with Gasteiger partial charge in [0.25, 0.3) is 0 Å². The summed E-state index contributed by atoms with van der Waals surface area (Å²) in [6.07, 6.45) is 4.14. The number of benzene rings is 1. The van der Waals surface area contributed by atoms with Crippen molar-refractivity contribution in [3.63, 3.8) is 0 Å². The predicted octanol–water partition coefficient (Wildman–Crippen LogP) is 2.90. The molecule has 96 valence electrons. The van der Waals surface area contributed by atoms with Crippen LogP contribution in [0.25, 0.3) is 20.8 Å². The van der Waals surface area contributed by atoms with E-state index >= 15 is 0 Å². The van der Waals surface area contributed by atoms with Crippen molar-refractivity contribution in [2.45, 2.75) is 6.54 Å². The maximum absolute atomic E-state index is 5.07. The Morgan fingerprint density at radius 3 is 2.68 bits per heavy atom. The first kappa shape index (κ1) is 12.3. The Bertz CT molecular complexity index is 643. The summed E-state index contributed by atoms with van der Waals surface area (Å²) in [4.78, 5) is 4.66. The van der Waals surface area contributed by atoms with E-state index in [0.717, 1.165) is 29.2 Å². The molecule has 0 saturated heterocycles. The van der Waals surface area contributed by atoms with E-state index in [9.17, 15) is 0 Å². The summed E-state index contributed by atoms with van der Waals surface area (Å²) >= 11 is 1.73. The Kier molecular flexibility index (Phi) is 3.53. The number of ether oxygens (including phenoxy) is 1. The third kappa shape index (κ3) is 2.64. The van der Waals surface area contributed by atoms with Crippen LogP contribution >= 0.6 is 11.3 Å². The zero-order chi connectivity index (χ0) is 13.1. The Hall–Kier alpha value is -1.78. The minimum Gasteiger partial charge on any atom is -0.378 e. The summed E-state index contributed by atoms with van der Waals surface area (Å²) in [5, 5.41) is 1.07. The van der Waals surface area contributed by atoms with Crippen LogP contribution in [0.1, 0.15) is 0 Å². The van der Waals surface area contributed by atoms with Gasteiger partial charge in [-0.05, 0) is 12.1 Å². The van der Waals surface area contributed by atoms with Crippen molar-refractivity contribution in [2.75, 3.05) is 13.7 Å². The number of pyridine rings is 1. The van der Waals surface area contributed by atoms with Gasteiger partial charge in [0.2, 0.25) is 0 Å². The number of hydrogen-bond acceptors (Lipinski definition) is 3. The molecule has 0 radical (unpaired) electrons. The predicted molar refractivity (Wildman–Crippen MR) is 77.1 cm³/mol. The second-order valence-corrected chi connectivity index (χ2v) is 5.33. The van der Waals surface area contributed by atoms with Crippen molar-refractivity contribution in [1.82, 2.24) is 4.98 Å². The van der Waals surface area contributed by atoms with Gasteiger partial charge in [-0.1, -0.05) is 12.1 Å². The van der Waals surface area contributed by atoms with Gasteiger partial charge < -0.3 is 4.74 Å². The molecule has 0 bridgehead atoms. The zero-order valence-electron chi connectivity index (χ0n) is 10.7. The van der Waals surface area contributed by atoms with Gasteiger partial charge in [-0.25, -0.2) is 9.55 Å². The van der Waals surface area contributed by atoms with E-state index in [-0.39, 0.29) is 0 Å². The molecule has 0 spiro atoms. The van der Waals surface area contributed by atoms with Crippen molar-refractivity contribution < 1.29 is 9.30 Å². The van der Waals surface area contributed by atoms with Crippen LogP contribution in [0.3, 0.4) is 0 Å². The zero-order valence-corrected chi connectivity index (χ0v) is 11.6. The van der Waals surface area contributed by atoms with Crippen LogP contribution in [0.2, 0.25) is 0 Å². The Balaban J connectivity index is 1.88. The normalized spacial score (nSPS) is 11.0. The van der Waals surface area contributed by atoms with E-state index in [4.69, 9.17) is 4.74 Å². The second kappa shape index (κ2) is 5.47. The first-order valence-electron chi connectivity index (χ1n) is 6.21. The Labute approximate surface area is 116 Å². The highest BCUT2D eigenvalue weighted by Gasteiger charge is 2.07. The van der Waals surface area contributed by atoms with Crippen molar-refractivity contribution >= 4 is 21.6 Å². The third-order valence-electron chi connectivity index (χ3n) is 2.99. The lowest BCUT2D eigenvalue weighted by atomic mass is 10.3. The van der Waals surface area contributed by atoms with Crippen molar-refractivity contribution in [2.24, 2.45) is 0 Å². The van der Waals surface area contributed by atoms with Gasteiger partial charge in [-0.15, -0.1) is 11.3 Å².